The number of hydrogen-bond acceptors (Lipinski definition) is 3. The van der Waals surface area contributed by atoms with Crippen LogP contribution in [0.2, 0.25) is 0 Å². The van der Waals surface area contributed by atoms with Crippen LogP contribution in [-0.4, -0.2) is 23.1 Å². The predicted octanol–water partition coefficient (Wildman–Crippen LogP) is 1.42. The maximum absolute atomic E-state index is 11.0. The molecule has 1 aromatic carbocycles. The Hall–Kier alpha value is -1.39. The van der Waals surface area contributed by atoms with Gasteiger partial charge in [0.1, 0.15) is 5.75 Å². The lowest BCUT2D eigenvalue weighted by Gasteiger charge is -2.07. The number of ether oxygens (including phenoxy) is 1. The summed E-state index contributed by atoms with van der Waals surface area (Å²) in [4.78, 5) is 11.0. The van der Waals surface area contributed by atoms with Gasteiger partial charge in [-0.25, -0.2) is 4.79 Å². The molecule has 77 valence electrons. The monoisotopic (exact) mass is 219 g/mol. The van der Waals surface area contributed by atoms with Crippen molar-refractivity contribution in [2.45, 2.75) is 6.42 Å². The van der Waals surface area contributed by atoms with Crippen LogP contribution in [0.25, 0.3) is 0 Å². The van der Waals surface area contributed by atoms with E-state index in [9.17, 15) is 4.79 Å². The average molecular weight is 219 g/mol. The molecule has 15 heavy (non-hydrogen) atoms. The van der Waals surface area contributed by atoms with Gasteiger partial charge in [-0.2, -0.15) is 0 Å². The van der Waals surface area contributed by atoms with E-state index in [2.05, 4.69) is 17.1 Å². The molecule has 0 heterocycles. The molecule has 0 fully saturated rings. The van der Waals surface area contributed by atoms with Crippen molar-refractivity contribution in [3.8, 4) is 5.75 Å². The molecule has 1 aromatic rings. The molecule has 0 saturated carbocycles. The van der Waals surface area contributed by atoms with E-state index in [1.54, 1.807) is 6.07 Å². The zero-order chi connectivity index (χ0) is 11.1. The van der Waals surface area contributed by atoms with Crippen molar-refractivity contribution in [1.29, 1.82) is 0 Å². The molecule has 3 nitrogen and oxygen atoms in total. The Bertz CT molecular complexity index is 349. The molecular formula is C11H11O3Si. The van der Waals surface area contributed by atoms with Crippen LogP contribution in [0.4, 0.5) is 0 Å². The number of esters is 1. The number of para-hydroxylation sites is 1. The van der Waals surface area contributed by atoms with E-state index in [1.165, 1.54) is 0 Å². The molecule has 1 rings (SSSR count). The van der Waals surface area contributed by atoms with Crippen molar-refractivity contribution in [3.05, 3.63) is 42.5 Å². The van der Waals surface area contributed by atoms with Crippen molar-refractivity contribution >= 4 is 16.5 Å². The highest BCUT2D eigenvalue weighted by atomic mass is 28.2. The molecule has 0 atom stereocenters. The van der Waals surface area contributed by atoms with Crippen LogP contribution in [0.1, 0.15) is 5.56 Å². The molecule has 4 heteroatoms. The van der Waals surface area contributed by atoms with Gasteiger partial charge in [-0.05, 0) is 18.1 Å². The summed E-state index contributed by atoms with van der Waals surface area (Å²) in [6.45, 7) is 3.86. The molecule has 0 bridgehead atoms. The van der Waals surface area contributed by atoms with E-state index in [-0.39, 0.29) is 0 Å². The molecule has 0 unspecified atom stereocenters. The Morgan fingerprint density at radius 3 is 2.87 bits per heavy atom. The summed E-state index contributed by atoms with van der Waals surface area (Å²) in [5, 5.41) is 0. The van der Waals surface area contributed by atoms with Crippen molar-refractivity contribution in [1.82, 2.24) is 0 Å². The van der Waals surface area contributed by atoms with E-state index >= 15 is 0 Å². The first-order valence-electron chi connectivity index (χ1n) is 4.48. The largest absolute Gasteiger partial charge is 0.423 e. The van der Waals surface area contributed by atoms with Crippen LogP contribution in [0.5, 0.6) is 5.75 Å². The van der Waals surface area contributed by atoms with E-state index < -0.39 is 5.97 Å². The van der Waals surface area contributed by atoms with Crippen molar-refractivity contribution < 1.29 is 14.0 Å². The quantitative estimate of drug-likeness (QED) is 0.325. The molecule has 0 aliphatic rings. The number of benzene rings is 1. The third kappa shape index (κ3) is 3.69. The minimum Gasteiger partial charge on any atom is -0.423 e. The van der Waals surface area contributed by atoms with Crippen LogP contribution >= 0.6 is 0 Å². The van der Waals surface area contributed by atoms with Gasteiger partial charge < -0.3 is 9.16 Å². The van der Waals surface area contributed by atoms with Gasteiger partial charge in [-0.3, -0.25) is 0 Å². The van der Waals surface area contributed by atoms with Gasteiger partial charge >= 0.3 is 5.97 Å². The fraction of sp³-hybridized carbons (Fsp3) is 0.182. The second kappa shape index (κ2) is 6.16. The summed E-state index contributed by atoms with van der Waals surface area (Å²) in [5.41, 5.74) is 0.922. The van der Waals surface area contributed by atoms with Crippen LogP contribution in [0.3, 0.4) is 0 Å². The topological polar surface area (TPSA) is 35.5 Å². The van der Waals surface area contributed by atoms with Gasteiger partial charge in [0.2, 0.25) is 10.5 Å². The lowest BCUT2D eigenvalue weighted by atomic mass is 10.1. The number of carbonyl (C=O) groups is 1. The van der Waals surface area contributed by atoms with Crippen LogP contribution in [0, 0.1) is 0 Å². The third-order valence-corrected chi connectivity index (χ3v) is 2.03. The highest BCUT2D eigenvalue weighted by Gasteiger charge is 2.05. The molecule has 0 amide bonds. The van der Waals surface area contributed by atoms with Gasteiger partial charge in [-0.15, -0.1) is 0 Å². The van der Waals surface area contributed by atoms with Crippen molar-refractivity contribution in [3.63, 3.8) is 0 Å². The van der Waals surface area contributed by atoms with Gasteiger partial charge in [0.05, 0.1) is 0 Å². The van der Waals surface area contributed by atoms with Gasteiger partial charge in [0.15, 0.2) is 0 Å². The molecule has 0 aliphatic carbocycles. The zero-order valence-corrected chi connectivity index (χ0v) is 9.23. The first-order valence-corrected chi connectivity index (χ1v) is 4.89. The smallest absolute Gasteiger partial charge is 0.335 e. The van der Waals surface area contributed by atoms with Gasteiger partial charge in [0.25, 0.3) is 0 Å². The van der Waals surface area contributed by atoms with Crippen LogP contribution in [-0.2, 0) is 15.6 Å². The summed E-state index contributed by atoms with van der Waals surface area (Å²) in [7, 11) is 2.92. The van der Waals surface area contributed by atoms with Gasteiger partial charge in [0, 0.05) is 12.7 Å². The fourth-order valence-corrected chi connectivity index (χ4v) is 1.22. The van der Waals surface area contributed by atoms with E-state index in [1.807, 2.05) is 18.2 Å². The zero-order valence-electron chi connectivity index (χ0n) is 8.23. The molecule has 3 radical (unpaired) electrons. The number of hydrogen-bond donors (Lipinski definition) is 0. The summed E-state index contributed by atoms with van der Waals surface area (Å²) in [6, 6.07) is 7.32. The molecule has 0 aromatic heterocycles. The summed E-state index contributed by atoms with van der Waals surface area (Å²) >= 11 is 0. The Morgan fingerprint density at radius 2 is 2.20 bits per heavy atom. The lowest BCUT2D eigenvalue weighted by Crippen LogP contribution is -2.06. The van der Waals surface area contributed by atoms with E-state index in [4.69, 9.17) is 9.16 Å². The molecule has 0 N–H and O–H groups in total. The summed E-state index contributed by atoms with van der Waals surface area (Å²) in [5.74, 6) is 0.0906. The first-order chi connectivity index (χ1) is 7.27. The molecule has 0 saturated heterocycles. The minimum atomic E-state index is -0.457. The van der Waals surface area contributed by atoms with Crippen LogP contribution < -0.4 is 4.74 Å². The van der Waals surface area contributed by atoms with E-state index in [0.717, 1.165) is 11.6 Å². The van der Waals surface area contributed by atoms with Gasteiger partial charge in [-0.1, -0.05) is 24.8 Å². The number of carbonyl (C=O) groups excluding carboxylic acids is 1. The summed E-state index contributed by atoms with van der Waals surface area (Å²) < 4.78 is 9.84. The maximum Gasteiger partial charge on any atom is 0.335 e. The minimum absolute atomic E-state index is 0.457. The maximum atomic E-state index is 11.0. The fourth-order valence-electron chi connectivity index (χ4n) is 1.12. The molecule has 0 aliphatic heterocycles. The molecular weight excluding hydrogens is 208 g/mol. The first kappa shape index (κ1) is 11.7. The van der Waals surface area contributed by atoms with Crippen molar-refractivity contribution in [2.24, 2.45) is 0 Å². The average Bonchev–Trinajstić information content (AvgIpc) is 2.28. The van der Waals surface area contributed by atoms with Crippen LogP contribution in [0.15, 0.2) is 36.9 Å². The Morgan fingerprint density at radius 1 is 1.47 bits per heavy atom. The number of rotatable bonds is 5. The third-order valence-electron chi connectivity index (χ3n) is 1.82. The Labute approximate surface area is 92.2 Å². The standard InChI is InChI=1S/C11H11O3Si/c1-2-11(12)14-10-6-4-3-5-9(10)7-8-13-15/h2-6H,1,7-8H2. The Balaban J connectivity index is 2.76. The lowest BCUT2D eigenvalue weighted by molar-refractivity contribution is -0.129. The normalized spacial score (nSPS) is 9.67. The van der Waals surface area contributed by atoms with Crippen molar-refractivity contribution in [2.75, 3.05) is 6.61 Å². The molecule has 0 spiro atoms. The predicted molar refractivity (Wildman–Crippen MR) is 57.7 cm³/mol. The Kier molecular flexibility index (Phi) is 4.80. The second-order valence-corrected chi connectivity index (χ2v) is 3.12. The second-order valence-electron chi connectivity index (χ2n) is 2.83. The summed E-state index contributed by atoms with van der Waals surface area (Å²) in [6.07, 6.45) is 1.81. The van der Waals surface area contributed by atoms with E-state index in [0.29, 0.717) is 18.8 Å². The SMILES string of the molecule is C=CC(=O)Oc1ccccc1CCO[Si]. The highest BCUT2D eigenvalue weighted by molar-refractivity contribution is 5.97. The highest BCUT2D eigenvalue weighted by Crippen LogP contribution is 2.18.